The Morgan fingerprint density at radius 1 is 1.22 bits per heavy atom. The predicted octanol–water partition coefficient (Wildman–Crippen LogP) is 3.94. The van der Waals surface area contributed by atoms with Crippen LogP contribution < -0.4 is 15.4 Å². The Morgan fingerprint density at radius 3 is 2.61 bits per heavy atom. The third-order valence-corrected chi connectivity index (χ3v) is 3.70. The molecule has 1 fully saturated rings. The lowest BCUT2D eigenvalue weighted by atomic mass is 10.2. The van der Waals surface area contributed by atoms with Gasteiger partial charge in [0.15, 0.2) is 0 Å². The van der Waals surface area contributed by atoms with E-state index >= 15 is 0 Å². The SMILES string of the molecule is CCOc1ccccc1NC1CCC(NC(=O)OC(C)(C)C)C1. The fourth-order valence-electron chi connectivity index (χ4n) is 2.81. The molecule has 1 amide bonds. The number of carbonyl (C=O) groups excluding carboxylic acids is 1. The highest BCUT2D eigenvalue weighted by Crippen LogP contribution is 2.29. The smallest absolute Gasteiger partial charge is 0.407 e. The molecule has 1 aromatic carbocycles. The molecule has 0 heterocycles. The minimum atomic E-state index is -0.462. The molecule has 5 nitrogen and oxygen atoms in total. The molecule has 1 aliphatic rings. The number of amides is 1. The first-order valence-electron chi connectivity index (χ1n) is 8.35. The molecular formula is C18H28N2O3. The van der Waals surface area contributed by atoms with E-state index in [0.29, 0.717) is 12.6 Å². The van der Waals surface area contributed by atoms with E-state index in [4.69, 9.17) is 9.47 Å². The summed E-state index contributed by atoms with van der Waals surface area (Å²) in [5, 5.41) is 6.49. The highest BCUT2D eigenvalue weighted by atomic mass is 16.6. The van der Waals surface area contributed by atoms with Gasteiger partial charge in [0.05, 0.1) is 12.3 Å². The minimum Gasteiger partial charge on any atom is -0.492 e. The Balaban J connectivity index is 1.85. The molecule has 0 radical (unpaired) electrons. The van der Waals surface area contributed by atoms with Crippen molar-refractivity contribution in [1.29, 1.82) is 0 Å². The summed E-state index contributed by atoms with van der Waals surface area (Å²) < 4.78 is 11.0. The quantitative estimate of drug-likeness (QED) is 0.862. The molecule has 0 aromatic heterocycles. The van der Waals surface area contributed by atoms with Crippen molar-refractivity contribution in [3.05, 3.63) is 24.3 Å². The van der Waals surface area contributed by atoms with E-state index in [-0.39, 0.29) is 12.1 Å². The molecule has 0 spiro atoms. The summed E-state index contributed by atoms with van der Waals surface area (Å²) in [6.07, 6.45) is 2.52. The topological polar surface area (TPSA) is 59.6 Å². The second-order valence-corrected chi connectivity index (χ2v) is 6.93. The third kappa shape index (κ3) is 5.66. The third-order valence-electron chi connectivity index (χ3n) is 3.70. The van der Waals surface area contributed by atoms with Crippen LogP contribution >= 0.6 is 0 Å². The van der Waals surface area contributed by atoms with Crippen LogP contribution in [-0.4, -0.2) is 30.4 Å². The standard InChI is InChI=1S/C18H28N2O3/c1-5-22-16-9-7-6-8-15(16)19-13-10-11-14(12-13)20-17(21)23-18(2,3)4/h6-9,13-14,19H,5,10-12H2,1-4H3,(H,20,21). The van der Waals surface area contributed by atoms with Gasteiger partial charge >= 0.3 is 6.09 Å². The Bertz CT molecular complexity index is 525. The van der Waals surface area contributed by atoms with Crippen LogP contribution in [0.15, 0.2) is 24.3 Å². The Kier molecular flexibility index (Phi) is 5.74. The molecule has 0 bridgehead atoms. The molecule has 2 unspecified atom stereocenters. The van der Waals surface area contributed by atoms with Crippen LogP contribution in [-0.2, 0) is 4.74 Å². The van der Waals surface area contributed by atoms with Crippen molar-refractivity contribution in [2.75, 3.05) is 11.9 Å². The number of rotatable bonds is 5. The van der Waals surface area contributed by atoms with E-state index in [1.807, 2.05) is 52.0 Å². The fraction of sp³-hybridized carbons (Fsp3) is 0.611. The maximum Gasteiger partial charge on any atom is 0.407 e. The summed E-state index contributed by atoms with van der Waals surface area (Å²) in [5.41, 5.74) is 0.550. The number of nitrogens with one attached hydrogen (secondary N) is 2. The van der Waals surface area contributed by atoms with Gasteiger partial charge in [-0.1, -0.05) is 12.1 Å². The highest BCUT2D eigenvalue weighted by Gasteiger charge is 2.28. The first-order valence-corrected chi connectivity index (χ1v) is 8.35. The van der Waals surface area contributed by atoms with Crippen molar-refractivity contribution >= 4 is 11.8 Å². The van der Waals surface area contributed by atoms with Gasteiger partial charge < -0.3 is 20.1 Å². The molecule has 128 valence electrons. The zero-order chi connectivity index (χ0) is 16.9. The molecule has 2 rings (SSSR count). The number of hydrogen-bond donors (Lipinski definition) is 2. The number of ether oxygens (including phenoxy) is 2. The number of anilines is 1. The van der Waals surface area contributed by atoms with E-state index in [0.717, 1.165) is 30.7 Å². The lowest BCUT2D eigenvalue weighted by Crippen LogP contribution is -2.38. The zero-order valence-corrected chi connectivity index (χ0v) is 14.5. The maximum absolute atomic E-state index is 11.8. The van der Waals surface area contributed by atoms with Crippen LogP contribution in [0.1, 0.15) is 47.0 Å². The van der Waals surface area contributed by atoms with Gasteiger partial charge in [-0.2, -0.15) is 0 Å². The molecule has 2 N–H and O–H groups in total. The van der Waals surface area contributed by atoms with Crippen molar-refractivity contribution in [3.8, 4) is 5.75 Å². The molecule has 2 atom stereocenters. The normalized spacial score (nSPS) is 20.9. The number of para-hydroxylation sites is 2. The first kappa shape index (κ1) is 17.4. The van der Waals surface area contributed by atoms with E-state index in [2.05, 4.69) is 10.6 Å². The van der Waals surface area contributed by atoms with Crippen LogP contribution in [0.3, 0.4) is 0 Å². The zero-order valence-electron chi connectivity index (χ0n) is 14.5. The van der Waals surface area contributed by atoms with Crippen molar-refractivity contribution in [1.82, 2.24) is 5.32 Å². The van der Waals surface area contributed by atoms with Crippen molar-refractivity contribution in [2.24, 2.45) is 0 Å². The molecular weight excluding hydrogens is 292 g/mol. The average molecular weight is 320 g/mol. The Morgan fingerprint density at radius 2 is 1.91 bits per heavy atom. The van der Waals surface area contributed by atoms with E-state index in [9.17, 15) is 4.79 Å². The van der Waals surface area contributed by atoms with Crippen LogP contribution in [0.5, 0.6) is 5.75 Å². The van der Waals surface area contributed by atoms with Crippen LogP contribution in [0.4, 0.5) is 10.5 Å². The molecule has 1 aromatic rings. The largest absolute Gasteiger partial charge is 0.492 e. The highest BCUT2D eigenvalue weighted by molar-refractivity contribution is 5.68. The Hall–Kier alpha value is -1.91. The molecule has 1 aliphatic carbocycles. The maximum atomic E-state index is 11.8. The van der Waals surface area contributed by atoms with E-state index in [1.165, 1.54) is 0 Å². The lowest BCUT2D eigenvalue weighted by molar-refractivity contribution is 0.0505. The molecule has 5 heteroatoms. The average Bonchev–Trinajstić information content (AvgIpc) is 2.86. The van der Waals surface area contributed by atoms with Gasteiger partial charge in [-0.15, -0.1) is 0 Å². The van der Waals surface area contributed by atoms with Crippen molar-refractivity contribution < 1.29 is 14.3 Å². The minimum absolute atomic E-state index is 0.154. The first-order chi connectivity index (χ1) is 10.9. The molecule has 23 heavy (non-hydrogen) atoms. The van der Waals surface area contributed by atoms with Crippen molar-refractivity contribution in [3.63, 3.8) is 0 Å². The number of carbonyl (C=O) groups is 1. The number of alkyl carbamates (subject to hydrolysis) is 1. The summed E-state index contributed by atoms with van der Waals surface area (Å²) in [6, 6.07) is 8.45. The molecule has 0 saturated heterocycles. The molecule has 0 aliphatic heterocycles. The van der Waals surface area contributed by atoms with Gasteiger partial charge in [0.1, 0.15) is 11.4 Å². The second kappa shape index (κ2) is 7.57. The second-order valence-electron chi connectivity index (χ2n) is 6.93. The number of hydrogen-bond acceptors (Lipinski definition) is 4. The predicted molar refractivity (Wildman–Crippen MR) is 92.0 cm³/mol. The van der Waals surface area contributed by atoms with Gasteiger partial charge in [0.2, 0.25) is 0 Å². The summed E-state index contributed by atoms with van der Waals surface area (Å²) in [7, 11) is 0. The summed E-state index contributed by atoms with van der Waals surface area (Å²) >= 11 is 0. The van der Waals surface area contributed by atoms with Gasteiger partial charge in [-0.25, -0.2) is 4.79 Å². The summed E-state index contributed by atoms with van der Waals surface area (Å²) in [4.78, 5) is 11.8. The van der Waals surface area contributed by atoms with Crippen LogP contribution in [0.25, 0.3) is 0 Å². The summed E-state index contributed by atoms with van der Waals surface area (Å²) in [5.74, 6) is 0.874. The summed E-state index contributed by atoms with van der Waals surface area (Å²) in [6.45, 7) is 8.24. The van der Waals surface area contributed by atoms with Gasteiger partial charge in [-0.3, -0.25) is 0 Å². The fourth-order valence-corrected chi connectivity index (χ4v) is 2.81. The van der Waals surface area contributed by atoms with Crippen LogP contribution in [0.2, 0.25) is 0 Å². The van der Waals surface area contributed by atoms with Gasteiger partial charge in [0.25, 0.3) is 0 Å². The Labute approximate surface area is 138 Å². The van der Waals surface area contributed by atoms with Gasteiger partial charge in [0, 0.05) is 12.1 Å². The lowest BCUT2D eigenvalue weighted by Gasteiger charge is -2.22. The van der Waals surface area contributed by atoms with E-state index < -0.39 is 5.60 Å². The van der Waals surface area contributed by atoms with Gasteiger partial charge in [-0.05, 0) is 59.1 Å². The number of benzene rings is 1. The van der Waals surface area contributed by atoms with Crippen LogP contribution in [0, 0.1) is 0 Å². The monoisotopic (exact) mass is 320 g/mol. The van der Waals surface area contributed by atoms with E-state index in [1.54, 1.807) is 0 Å². The van der Waals surface area contributed by atoms with Crippen molar-refractivity contribution in [2.45, 2.75) is 64.6 Å². The molecule has 1 saturated carbocycles.